The number of nitrogens with zero attached hydrogens (tertiary/aromatic N) is 1. The maximum Gasteiger partial charge on any atom is 0.248 e. The minimum Gasteiger partial charge on any atom is -0.398 e. The quantitative estimate of drug-likeness (QED) is 0.837. The van der Waals surface area contributed by atoms with Gasteiger partial charge in [-0.2, -0.15) is 0 Å². The van der Waals surface area contributed by atoms with Gasteiger partial charge < -0.3 is 10.8 Å². The number of anilines is 1. The van der Waals surface area contributed by atoms with E-state index in [2.05, 4.69) is 4.98 Å². The molecule has 1 fully saturated rings. The third kappa shape index (κ3) is 2.72. The van der Waals surface area contributed by atoms with Crippen LogP contribution < -0.4 is 5.73 Å². The van der Waals surface area contributed by atoms with Crippen LogP contribution in [0.3, 0.4) is 0 Å². The smallest absolute Gasteiger partial charge is 0.248 e. The zero-order chi connectivity index (χ0) is 12.5. The van der Waals surface area contributed by atoms with Gasteiger partial charge in [-0.25, -0.2) is 8.78 Å². The Morgan fingerprint density at radius 3 is 2.94 bits per heavy atom. The van der Waals surface area contributed by atoms with Crippen LogP contribution in [0.5, 0.6) is 0 Å². The Labute approximate surface area is 98.7 Å². The zero-order valence-corrected chi connectivity index (χ0v) is 9.44. The van der Waals surface area contributed by atoms with E-state index in [0.717, 1.165) is 0 Å². The number of nitrogens with two attached hydrogens (primary N) is 1. The van der Waals surface area contributed by atoms with Gasteiger partial charge in [0.2, 0.25) is 5.92 Å². The molecule has 2 unspecified atom stereocenters. The molecule has 94 valence electrons. The Kier molecular flexibility index (Phi) is 3.28. The van der Waals surface area contributed by atoms with Crippen molar-refractivity contribution < 1.29 is 13.9 Å². The maximum absolute atomic E-state index is 13.3. The van der Waals surface area contributed by atoms with Crippen LogP contribution in [0.4, 0.5) is 14.5 Å². The molecule has 0 radical (unpaired) electrons. The Balaban J connectivity index is 2.15. The van der Waals surface area contributed by atoms with E-state index < -0.39 is 17.9 Å². The molecular formula is C12H16F2N2O. The van der Waals surface area contributed by atoms with Crippen LogP contribution in [-0.4, -0.2) is 16.0 Å². The predicted octanol–water partition coefficient (Wildman–Crippen LogP) is 2.52. The van der Waals surface area contributed by atoms with E-state index in [0.29, 0.717) is 24.1 Å². The molecule has 1 heterocycles. The highest BCUT2D eigenvalue weighted by Gasteiger charge is 2.39. The first-order chi connectivity index (χ1) is 7.99. The molecule has 0 saturated heterocycles. The van der Waals surface area contributed by atoms with Crippen molar-refractivity contribution in [3.8, 4) is 0 Å². The third-order valence-corrected chi connectivity index (χ3v) is 3.33. The van der Waals surface area contributed by atoms with Crippen molar-refractivity contribution in [2.24, 2.45) is 5.92 Å². The average molecular weight is 242 g/mol. The largest absolute Gasteiger partial charge is 0.398 e. The summed E-state index contributed by atoms with van der Waals surface area (Å²) in [6.45, 7) is 0. The highest BCUT2D eigenvalue weighted by molar-refractivity contribution is 5.45. The standard InChI is InChI=1S/C12H16F2N2O/c13-12(14)4-1-2-8(6-12)11(17)9-7-16-5-3-10(9)15/h3,5,7-8,11,17H,1-2,4,6H2,(H2,15,16). The highest BCUT2D eigenvalue weighted by Crippen LogP contribution is 2.42. The predicted molar refractivity (Wildman–Crippen MR) is 60.5 cm³/mol. The fraction of sp³-hybridized carbons (Fsp3) is 0.583. The Bertz CT molecular complexity index is 398. The van der Waals surface area contributed by atoms with Crippen molar-refractivity contribution in [2.75, 3.05) is 5.73 Å². The lowest BCUT2D eigenvalue weighted by molar-refractivity contribution is -0.0760. The molecule has 0 aliphatic heterocycles. The second kappa shape index (κ2) is 4.56. The first kappa shape index (κ1) is 12.2. The average Bonchev–Trinajstić information content (AvgIpc) is 2.27. The molecule has 3 nitrogen and oxygen atoms in total. The fourth-order valence-electron chi connectivity index (χ4n) is 2.40. The van der Waals surface area contributed by atoms with E-state index in [4.69, 9.17) is 5.73 Å². The van der Waals surface area contributed by atoms with Gasteiger partial charge >= 0.3 is 0 Å². The van der Waals surface area contributed by atoms with Gasteiger partial charge in [0, 0.05) is 36.5 Å². The van der Waals surface area contributed by atoms with Crippen LogP contribution in [0.15, 0.2) is 18.5 Å². The minimum atomic E-state index is -2.67. The molecule has 5 heteroatoms. The third-order valence-electron chi connectivity index (χ3n) is 3.33. The van der Waals surface area contributed by atoms with Gasteiger partial charge in [0.15, 0.2) is 0 Å². The Hall–Kier alpha value is -1.23. The lowest BCUT2D eigenvalue weighted by Crippen LogP contribution is -2.29. The minimum absolute atomic E-state index is 0.0846. The molecule has 1 saturated carbocycles. The molecule has 1 aromatic rings. The van der Waals surface area contributed by atoms with Crippen LogP contribution in [0, 0.1) is 5.92 Å². The van der Waals surface area contributed by atoms with Gasteiger partial charge in [0.05, 0.1) is 6.10 Å². The lowest BCUT2D eigenvalue weighted by Gasteiger charge is -2.32. The molecule has 1 aromatic heterocycles. The summed E-state index contributed by atoms with van der Waals surface area (Å²) in [5.41, 5.74) is 6.57. The van der Waals surface area contributed by atoms with E-state index in [1.165, 1.54) is 12.4 Å². The number of halogens is 2. The first-order valence-electron chi connectivity index (χ1n) is 5.75. The van der Waals surface area contributed by atoms with Gasteiger partial charge in [0.1, 0.15) is 0 Å². The molecule has 0 spiro atoms. The van der Waals surface area contributed by atoms with Crippen LogP contribution >= 0.6 is 0 Å². The molecule has 17 heavy (non-hydrogen) atoms. The molecule has 0 aromatic carbocycles. The molecule has 3 N–H and O–H groups in total. The van der Waals surface area contributed by atoms with Crippen molar-refractivity contribution >= 4 is 5.69 Å². The molecular weight excluding hydrogens is 226 g/mol. The number of aliphatic hydroxyl groups excluding tert-OH is 1. The number of rotatable bonds is 2. The van der Waals surface area contributed by atoms with E-state index in [9.17, 15) is 13.9 Å². The van der Waals surface area contributed by atoms with E-state index in [-0.39, 0.29) is 12.8 Å². The second-order valence-corrected chi connectivity index (χ2v) is 4.66. The summed E-state index contributed by atoms with van der Waals surface area (Å²) in [5, 5.41) is 10.1. The van der Waals surface area contributed by atoms with Crippen LogP contribution in [-0.2, 0) is 0 Å². The van der Waals surface area contributed by atoms with Crippen LogP contribution in [0.1, 0.15) is 37.4 Å². The molecule has 0 amide bonds. The van der Waals surface area contributed by atoms with Gasteiger partial charge in [-0.15, -0.1) is 0 Å². The first-order valence-corrected chi connectivity index (χ1v) is 5.75. The van der Waals surface area contributed by atoms with E-state index in [1.54, 1.807) is 6.07 Å². The fourth-order valence-corrected chi connectivity index (χ4v) is 2.40. The number of aromatic nitrogens is 1. The number of hydrogen-bond acceptors (Lipinski definition) is 3. The maximum atomic E-state index is 13.3. The lowest BCUT2D eigenvalue weighted by atomic mass is 9.81. The van der Waals surface area contributed by atoms with Crippen molar-refractivity contribution in [1.29, 1.82) is 0 Å². The highest BCUT2D eigenvalue weighted by atomic mass is 19.3. The zero-order valence-electron chi connectivity index (χ0n) is 9.44. The summed E-state index contributed by atoms with van der Waals surface area (Å²) in [6.07, 6.45) is 2.70. The number of aliphatic hydroxyl groups is 1. The van der Waals surface area contributed by atoms with Gasteiger partial charge in [0.25, 0.3) is 0 Å². The Morgan fingerprint density at radius 1 is 1.53 bits per heavy atom. The molecule has 2 rings (SSSR count). The Morgan fingerprint density at radius 2 is 2.29 bits per heavy atom. The van der Waals surface area contributed by atoms with Crippen molar-refractivity contribution in [3.63, 3.8) is 0 Å². The van der Waals surface area contributed by atoms with E-state index >= 15 is 0 Å². The number of hydrogen-bond donors (Lipinski definition) is 2. The molecule has 1 aliphatic carbocycles. The second-order valence-electron chi connectivity index (χ2n) is 4.66. The van der Waals surface area contributed by atoms with Crippen molar-refractivity contribution in [1.82, 2.24) is 4.98 Å². The molecule has 2 atom stereocenters. The molecule has 1 aliphatic rings. The number of nitrogen functional groups attached to an aromatic ring is 1. The number of pyridine rings is 1. The summed E-state index contributed by atoms with van der Waals surface area (Å²) in [5.74, 6) is -3.11. The van der Waals surface area contributed by atoms with Crippen LogP contribution in [0.25, 0.3) is 0 Å². The summed E-state index contributed by atoms with van der Waals surface area (Å²) >= 11 is 0. The summed E-state index contributed by atoms with van der Waals surface area (Å²) < 4.78 is 26.5. The summed E-state index contributed by atoms with van der Waals surface area (Å²) in [7, 11) is 0. The normalized spacial score (nSPS) is 25.5. The van der Waals surface area contributed by atoms with Crippen molar-refractivity contribution in [2.45, 2.75) is 37.7 Å². The van der Waals surface area contributed by atoms with Crippen molar-refractivity contribution in [3.05, 3.63) is 24.0 Å². The van der Waals surface area contributed by atoms with Gasteiger partial charge in [-0.3, -0.25) is 4.98 Å². The molecule has 0 bridgehead atoms. The topological polar surface area (TPSA) is 59.1 Å². The van der Waals surface area contributed by atoms with E-state index in [1.807, 2.05) is 0 Å². The SMILES string of the molecule is Nc1ccncc1C(O)C1CCCC(F)(F)C1. The summed E-state index contributed by atoms with van der Waals surface area (Å²) in [4.78, 5) is 3.87. The monoisotopic (exact) mass is 242 g/mol. The summed E-state index contributed by atoms with van der Waals surface area (Å²) in [6, 6.07) is 1.57. The van der Waals surface area contributed by atoms with Crippen LogP contribution in [0.2, 0.25) is 0 Å². The van der Waals surface area contributed by atoms with Gasteiger partial charge in [-0.1, -0.05) is 0 Å². The van der Waals surface area contributed by atoms with Gasteiger partial charge in [-0.05, 0) is 24.8 Å². The number of alkyl halides is 2.